The minimum absolute atomic E-state index is 0.0273. The SMILES string of the molecule is CSc1ccccc1NC(=O)CN(c1ccccc1F)S(=O)(=O)c1ccccc1. The third-order valence-corrected chi connectivity index (χ3v) is 6.69. The Morgan fingerprint density at radius 3 is 2.28 bits per heavy atom. The maximum atomic E-state index is 14.4. The van der Waals surface area contributed by atoms with Crippen LogP contribution in [0.15, 0.2) is 88.7 Å². The summed E-state index contributed by atoms with van der Waals surface area (Å²) >= 11 is 1.45. The monoisotopic (exact) mass is 430 g/mol. The van der Waals surface area contributed by atoms with E-state index in [1.165, 1.54) is 42.1 Å². The molecule has 3 rings (SSSR count). The molecule has 0 aliphatic rings. The summed E-state index contributed by atoms with van der Waals surface area (Å²) in [7, 11) is -4.15. The smallest absolute Gasteiger partial charge is 0.264 e. The number of hydrogen-bond donors (Lipinski definition) is 1. The van der Waals surface area contributed by atoms with Crippen LogP contribution < -0.4 is 9.62 Å². The van der Waals surface area contributed by atoms with E-state index >= 15 is 0 Å². The Hall–Kier alpha value is -2.84. The molecule has 0 unspecified atom stereocenters. The van der Waals surface area contributed by atoms with E-state index in [2.05, 4.69) is 5.32 Å². The average Bonchev–Trinajstić information content (AvgIpc) is 2.73. The van der Waals surface area contributed by atoms with Gasteiger partial charge < -0.3 is 5.32 Å². The molecule has 1 amide bonds. The summed E-state index contributed by atoms with van der Waals surface area (Å²) in [4.78, 5) is 13.5. The number of anilines is 2. The number of carbonyl (C=O) groups is 1. The standard InChI is InChI=1S/C21H19FN2O3S2/c1-28-20-14-8-6-12-18(20)23-21(25)15-24(19-13-7-5-11-17(19)22)29(26,27)16-9-3-2-4-10-16/h2-14H,15H2,1H3,(H,23,25). The molecule has 150 valence electrons. The molecule has 3 aromatic rings. The van der Waals surface area contributed by atoms with Gasteiger partial charge in [-0.25, -0.2) is 12.8 Å². The first-order valence-corrected chi connectivity index (χ1v) is 11.3. The van der Waals surface area contributed by atoms with Gasteiger partial charge in [-0.15, -0.1) is 11.8 Å². The minimum Gasteiger partial charge on any atom is -0.323 e. The molecular formula is C21H19FN2O3S2. The van der Waals surface area contributed by atoms with Gasteiger partial charge in [-0.1, -0.05) is 42.5 Å². The van der Waals surface area contributed by atoms with E-state index < -0.39 is 28.3 Å². The summed E-state index contributed by atoms with van der Waals surface area (Å²) in [5, 5.41) is 2.72. The zero-order valence-electron chi connectivity index (χ0n) is 15.6. The number of nitrogens with zero attached hydrogens (tertiary/aromatic N) is 1. The second kappa shape index (κ2) is 9.11. The lowest BCUT2D eigenvalue weighted by molar-refractivity contribution is -0.114. The Morgan fingerprint density at radius 1 is 0.966 bits per heavy atom. The highest BCUT2D eigenvalue weighted by Gasteiger charge is 2.29. The molecule has 0 bridgehead atoms. The third-order valence-electron chi connectivity index (χ3n) is 4.12. The highest BCUT2D eigenvalue weighted by Crippen LogP contribution is 2.27. The normalized spacial score (nSPS) is 11.1. The van der Waals surface area contributed by atoms with Crippen molar-refractivity contribution in [1.82, 2.24) is 0 Å². The lowest BCUT2D eigenvalue weighted by Crippen LogP contribution is -2.38. The summed E-state index contributed by atoms with van der Waals surface area (Å²) in [6, 6.07) is 20.3. The Balaban J connectivity index is 1.96. The van der Waals surface area contributed by atoms with Gasteiger partial charge in [-0.3, -0.25) is 9.10 Å². The number of thioether (sulfide) groups is 1. The molecule has 0 aromatic heterocycles. The van der Waals surface area contributed by atoms with Gasteiger partial charge in [0, 0.05) is 4.90 Å². The van der Waals surface area contributed by atoms with Crippen LogP contribution >= 0.6 is 11.8 Å². The van der Waals surface area contributed by atoms with Crippen LogP contribution in [0, 0.1) is 5.82 Å². The highest BCUT2D eigenvalue weighted by atomic mass is 32.2. The zero-order valence-corrected chi connectivity index (χ0v) is 17.2. The molecule has 3 aromatic carbocycles. The number of para-hydroxylation sites is 2. The van der Waals surface area contributed by atoms with Crippen LogP contribution in [0.1, 0.15) is 0 Å². The first-order valence-electron chi connectivity index (χ1n) is 8.68. The van der Waals surface area contributed by atoms with Crippen molar-refractivity contribution in [3.05, 3.63) is 84.7 Å². The molecule has 0 radical (unpaired) electrons. The molecule has 1 N–H and O–H groups in total. The Bertz CT molecular complexity index is 1110. The first-order chi connectivity index (χ1) is 13.9. The summed E-state index contributed by atoms with van der Waals surface area (Å²) < 4.78 is 41.6. The number of nitrogens with one attached hydrogen (secondary N) is 1. The van der Waals surface area contributed by atoms with Gasteiger partial charge in [0.05, 0.1) is 16.3 Å². The van der Waals surface area contributed by atoms with Gasteiger partial charge in [-0.2, -0.15) is 0 Å². The van der Waals surface area contributed by atoms with Crippen molar-refractivity contribution in [1.29, 1.82) is 0 Å². The molecule has 0 saturated heterocycles. The minimum atomic E-state index is -4.15. The number of sulfonamides is 1. The highest BCUT2D eigenvalue weighted by molar-refractivity contribution is 7.98. The Labute approximate surface area is 173 Å². The lowest BCUT2D eigenvalue weighted by Gasteiger charge is -2.24. The number of benzene rings is 3. The third kappa shape index (κ3) is 4.78. The predicted octanol–water partition coefficient (Wildman–Crippen LogP) is 4.38. The number of rotatable bonds is 7. The van der Waals surface area contributed by atoms with E-state index in [1.807, 2.05) is 18.4 Å². The number of amides is 1. The summed E-state index contributed by atoms with van der Waals surface area (Å²) in [5.41, 5.74) is 0.375. The van der Waals surface area contributed by atoms with Gasteiger partial charge in [-0.05, 0) is 42.7 Å². The van der Waals surface area contributed by atoms with Gasteiger partial charge in [0.15, 0.2) is 0 Å². The molecular weight excluding hydrogens is 411 g/mol. The molecule has 0 aliphatic heterocycles. The largest absolute Gasteiger partial charge is 0.323 e. The molecule has 29 heavy (non-hydrogen) atoms. The maximum absolute atomic E-state index is 14.4. The van der Waals surface area contributed by atoms with Crippen molar-refractivity contribution in [3.63, 3.8) is 0 Å². The van der Waals surface area contributed by atoms with Crippen molar-refractivity contribution in [2.24, 2.45) is 0 Å². The first kappa shape index (κ1) is 20.9. The van der Waals surface area contributed by atoms with Crippen molar-refractivity contribution in [2.45, 2.75) is 9.79 Å². The second-order valence-electron chi connectivity index (χ2n) is 6.02. The van der Waals surface area contributed by atoms with Crippen LogP contribution in [0.5, 0.6) is 0 Å². The van der Waals surface area contributed by atoms with Gasteiger partial charge >= 0.3 is 0 Å². The fourth-order valence-electron chi connectivity index (χ4n) is 2.74. The van der Waals surface area contributed by atoms with Gasteiger partial charge in [0.2, 0.25) is 5.91 Å². The van der Waals surface area contributed by atoms with Crippen molar-refractivity contribution in [3.8, 4) is 0 Å². The molecule has 0 saturated carbocycles. The van der Waals surface area contributed by atoms with Gasteiger partial charge in [0.25, 0.3) is 10.0 Å². The Kier molecular flexibility index (Phi) is 6.56. The molecule has 0 aliphatic carbocycles. The second-order valence-corrected chi connectivity index (χ2v) is 8.73. The fourth-order valence-corrected chi connectivity index (χ4v) is 4.74. The van der Waals surface area contributed by atoms with E-state index in [4.69, 9.17) is 0 Å². The average molecular weight is 431 g/mol. The van der Waals surface area contributed by atoms with E-state index in [0.717, 1.165) is 15.3 Å². The number of carbonyl (C=O) groups excluding carboxylic acids is 1. The predicted molar refractivity (Wildman–Crippen MR) is 114 cm³/mol. The number of halogens is 1. The molecule has 8 heteroatoms. The quantitative estimate of drug-likeness (QED) is 0.565. The van der Waals surface area contributed by atoms with E-state index in [0.29, 0.717) is 5.69 Å². The maximum Gasteiger partial charge on any atom is 0.264 e. The summed E-state index contributed by atoms with van der Waals surface area (Å²) in [6.45, 7) is -0.569. The fraction of sp³-hybridized carbons (Fsp3) is 0.0952. The molecule has 0 fully saturated rings. The van der Waals surface area contributed by atoms with Crippen LogP contribution in [0.25, 0.3) is 0 Å². The van der Waals surface area contributed by atoms with Crippen LogP contribution in [-0.4, -0.2) is 27.1 Å². The van der Waals surface area contributed by atoms with Gasteiger partial charge in [0.1, 0.15) is 12.4 Å². The molecule has 5 nitrogen and oxygen atoms in total. The molecule has 0 heterocycles. The van der Waals surface area contributed by atoms with Crippen LogP contribution in [0.4, 0.5) is 15.8 Å². The van der Waals surface area contributed by atoms with E-state index in [1.54, 1.807) is 30.3 Å². The topological polar surface area (TPSA) is 66.5 Å². The van der Waals surface area contributed by atoms with Crippen LogP contribution in [0.2, 0.25) is 0 Å². The van der Waals surface area contributed by atoms with E-state index in [9.17, 15) is 17.6 Å². The summed E-state index contributed by atoms with van der Waals surface area (Å²) in [5.74, 6) is -1.31. The zero-order chi connectivity index (χ0) is 20.9. The summed E-state index contributed by atoms with van der Waals surface area (Å²) in [6.07, 6.45) is 1.87. The van der Waals surface area contributed by atoms with E-state index in [-0.39, 0.29) is 10.6 Å². The van der Waals surface area contributed by atoms with Crippen molar-refractivity contribution >= 4 is 39.1 Å². The lowest BCUT2D eigenvalue weighted by atomic mass is 10.3. The Morgan fingerprint density at radius 2 is 1.59 bits per heavy atom. The van der Waals surface area contributed by atoms with Crippen LogP contribution in [-0.2, 0) is 14.8 Å². The van der Waals surface area contributed by atoms with Crippen molar-refractivity contribution in [2.75, 3.05) is 22.4 Å². The van der Waals surface area contributed by atoms with Crippen molar-refractivity contribution < 1.29 is 17.6 Å². The molecule has 0 atom stereocenters. The number of hydrogen-bond acceptors (Lipinski definition) is 4. The molecule has 0 spiro atoms. The van der Waals surface area contributed by atoms with Crippen LogP contribution in [0.3, 0.4) is 0 Å².